The molecule has 1 N–H and O–H groups in total. The van der Waals surface area contributed by atoms with Gasteiger partial charge in [0.15, 0.2) is 0 Å². The van der Waals surface area contributed by atoms with E-state index in [4.69, 9.17) is 11.6 Å². The van der Waals surface area contributed by atoms with E-state index >= 15 is 0 Å². The van der Waals surface area contributed by atoms with Gasteiger partial charge in [-0.2, -0.15) is 0 Å². The maximum Gasteiger partial charge on any atom is 0.0827 e. The molecule has 0 spiro atoms. The average Bonchev–Trinajstić information content (AvgIpc) is 2.14. The minimum atomic E-state index is 0.390. The van der Waals surface area contributed by atoms with E-state index in [1.807, 2.05) is 0 Å². The van der Waals surface area contributed by atoms with Gasteiger partial charge in [0.1, 0.15) is 0 Å². The van der Waals surface area contributed by atoms with Crippen molar-refractivity contribution in [3.05, 3.63) is 0 Å². The second-order valence-electron chi connectivity index (χ2n) is 1.51. The molecule has 0 fully saturated rings. The van der Waals surface area contributed by atoms with Crippen molar-refractivity contribution in [3.63, 3.8) is 0 Å². The number of hydrogen-bond donors (Lipinski definition) is 1. The summed E-state index contributed by atoms with van der Waals surface area (Å²) in [4.78, 5) is 3.92. The molecule has 0 amide bonds. The predicted octanol–water partition coefficient (Wildman–Crippen LogP) is 0.225. The first kappa shape index (κ1) is 4.91. The highest BCUT2D eigenvalue weighted by Crippen LogP contribution is 1.91. The summed E-state index contributed by atoms with van der Waals surface area (Å²) in [6.07, 6.45) is 1.70. The average molecular weight is 119 g/mol. The van der Waals surface area contributed by atoms with Crippen molar-refractivity contribution in [2.24, 2.45) is 4.99 Å². The van der Waals surface area contributed by atoms with Crippen LogP contribution in [0.4, 0.5) is 0 Å². The maximum absolute atomic E-state index is 5.47. The molecular formula is C4H7ClN2. The van der Waals surface area contributed by atoms with E-state index < -0.39 is 0 Å². The number of nitrogens with one attached hydrogen (secondary N) is 1. The van der Waals surface area contributed by atoms with Crippen LogP contribution in [0.2, 0.25) is 0 Å². The fourth-order valence-corrected chi connectivity index (χ4v) is 0.671. The molecule has 1 rings (SSSR count). The summed E-state index contributed by atoms with van der Waals surface area (Å²) in [5.74, 6) is 0.653. The van der Waals surface area contributed by atoms with E-state index in [0.29, 0.717) is 11.9 Å². The van der Waals surface area contributed by atoms with Gasteiger partial charge < -0.3 is 5.32 Å². The molecule has 7 heavy (non-hydrogen) atoms. The largest absolute Gasteiger partial charge is 0.371 e. The molecule has 40 valence electrons. The first-order valence-electron chi connectivity index (χ1n) is 2.24. The molecule has 1 aliphatic rings. The number of nitrogens with zero attached hydrogens (tertiary/aromatic N) is 1. The molecule has 1 atom stereocenters. The van der Waals surface area contributed by atoms with Crippen molar-refractivity contribution < 1.29 is 0 Å². The molecule has 2 nitrogen and oxygen atoms in total. The lowest BCUT2D eigenvalue weighted by Crippen LogP contribution is -2.25. The summed E-state index contributed by atoms with van der Waals surface area (Å²) < 4.78 is 0. The molecule has 0 saturated carbocycles. The van der Waals surface area contributed by atoms with Gasteiger partial charge in [0, 0.05) is 5.88 Å². The summed E-state index contributed by atoms with van der Waals surface area (Å²) in [6, 6.07) is 0.390. The zero-order chi connectivity index (χ0) is 5.11. The van der Waals surface area contributed by atoms with Crippen molar-refractivity contribution in [2.75, 3.05) is 12.4 Å². The van der Waals surface area contributed by atoms with E-state index in [1.54, 1.807) is 6.34 Å². The summed E-state index contributed by atoms with van der Waals surface area (Å²) in [5.41, 5.74) is 0. The van der Waals surface area contributed by atoms with Crippen LogP contribution in [0.25, 0.3) is 0 Å². The molecule has 0 radical (unpaired) electrons. The van der Waals surface area contributed by atoms with Gasteiger partial charge >= 0.3 is 0 Å². The number of halogens is 1. The van der Waals surface area contributed by atoms with Gasteiger partial charge in [-0.3, -0.25) is 4.99 Å². The van der Waals surface area contributed by atoms with Crippen LogP contribution in [0.15, 0.2) is 4.99 Å². The van der Waals surface area contributed by atoms with Crippen LogP contribution in [-0.4, -0.2) is 24.8 Å². The predicted molar refractivity (Wildman–Crippen MR) is 31.0 cm³/mol. The second-order valence-corrected chi connectivity index (χ2v) is 1.82. The van der Waals surface area contributed by atoms with Crippen molar-refractivity contribution in [1.82, 2.24) is 5.32 Å². The van der Waals surface area contributed by atoms with Crippen molar-refractivity contribution in [1.29, 1.82) is 0 Å². The zero-order valence-electron chi connectivity index (χ0n) is 3.89. The molecule has 0 aromatic rings. The van der Waals surface area contributed by atoms with Gasteiger partial charge in [0.25, 0.3) is 0 Å². The Bertz CT molecular complexity index is 73.8. The highest BCUT2D eigenvalue weighted by atomic mass is 35.5. The third-order valence-electron chi connectivity index (χ3n) is 0.914. The Labute approximate surface area is 47.6 Å². The Morgan fingerprint density at radius 3 is 3.14 bits per heavy atom. The molecule has 0 aromatic carbocycles. The molecular weight excluding hydrogens is 112 g/mol. The van der Waals surface area contributed by atoms with Crippen molar-refractivity contribution in [3.8, 4) is 0 Å². The van der Waals surface area contributed by atoms with E-state index in [2.05, 4.69) is 10.3 Å². The lowest BCUT2D eigenvalue weighted by atomic mass is 10.4. The van der Waals surface area contributed by atoms with Gasteiger partial charge in [-0.25, -0.2) is 0 Å². The molecule has 1 aliphatic heterocycles. The first-order chi connectivity index (χ1) is 3.43. The number of hydrogen-bond acceptors (Lipinski definition) is 2. The third-order valence-corrected chi connectivity index (χ3v) is 1.29. The highest BCUT2D eigenvalue weighted by molar-refractivity contribution is 6.18. The van der Waals surface area contributed by atoms with Gasteiger partial charge in [-0.1, -0.05) is 0 Å². The van der Waals surface area contributed by atoms with Crippen LogP contribution in [0, 0.1) is 0 Å². The zero-order valence-corrected chi connectivity index (χ0v) is 4.65. The summed E-state index contributed by atoms with van der Waals surface area (Å²) >= 11 is 5.47. The van der Waals surface area contributed by atoms with Gasteiger partial charge in [-0.15, -0.1) is 11.6 Å². The summed E-state index contributed by atoms with van der Waals surface area (Å²) in [6.45, 7) is 0.837. The minimum absolute atomic E-state index is 0.390. The number of aliphatic imine (C=N–C) groups is 1. The minimum Gasteiger partial charge on any atom is -0.371 e. The van der Waals surface area contributed by atoms with Gasteiger partial charge in [0.2, 0.25) is 0 Å². The van der Waals surface area contributed by atoms with Gasteiger partial charge in [-0.05, 0) is 0 Å². The Morgan fingerprint density at radius 1 is 2.00 bits per heavy atom. The molecule has 0 saturated heterocycles. The van der Waals surface area contributed by atoms with Crippen LogP contribution in [0.1, 0.15) is 0 Å². The lowest BCUT2D eigenvalue weighted by Gasteiger charge is -2.00. The standard InChI is InChI=1S/C4H7ClN2/c5-1-4-2-6-3-7-4/h3-4H,1-2H2,(H,6,7). The SMILES string of the molecule is ClCC1CN=CN1. The maximum atomic E-state index is 5.47. The Morgan fingerprint density at radius 2 is 2.86 bits per heavy atom. The topological polar surface area (TPSA) is 24.4 Å². The normalized spacial score (nSPS) is 27.9. The Hall–Kier alpha value is -0.240. The monoisotopic (exact) mass is 118 g/mol. The quantitative estimate of drug-likeness (QED) is 0.490. The van der Waals surface area contributed by atoms with Gasteiger partial charge in [0.05, 0.1) is 18.9 Å². The molecule has 1 unspecified atom stereocenters. The van der Waals surface area contributed by atoms with Crippen molar-refractivity contribution >= 4 is 17.9 Å². The molecule has 0 aliphatic carbocycles. The first-order valence-corrected chi connectivity index (χ1v) is 2.77. The fourth-order valence-electron chi connectivity index (χ4n) is 0.484. The summed E-state index contributed by atoms with van der Waals surface area (Å²) in [7, 11) is 0. The molecule has 3 heteroatoms. The van der Waals surface area contributed by atoms with Crippen molar-refractivity contribution in [2.45, 2.75) is 6.04 Å². The van der Waals surface area contributed by atoms with Crippen LogP contribution in [0.5, 0.6) is 0 Å². The van der Waals surface area contributed by atoms with E-state index in [1.165, 1.54) is 0 Å². The smallest absolute Gasteiger partial charge is 0.0827 e. The van der Waals surface area contributed by atoms with Crippen LogP contribution >= 0.6 is 11.6 Å². The van der Waals surface area contributed by atoms with E-state index in [0.717, 1.165) is 6.54 Å². The fraction of sp³-hybridized carbons (Fsp3) is 0.750. The Kier molecular flexibility index (Phi) is 1.52. The highest BCUT2D eigenvalue weighted by Gasteiger charge is 2.05. The third kappa shape index (κ3) is 1.06. The number of alkyl halides is 1. The van der Waals surface area contributed by atoms with E-state index in [9.17, 15) is 0 Å². The summed E-state index contributed by atoms with van der Waals surface area (Å²) in [5, 5.41) is 2.98. The molecule has 0 aromatic heterocycles. The van der Waals surface area contributed by atoms with Crippen LogP contribution < -0.4 is 5.32 Å². The molecule has 1 heterocycles. The molecule has 0 bridgehead atoms. The van der Waals surface area contributed by atoms with Crippen LogP contribution in [-0.2, 0) is 0 Å². The van der Waals surface area contributed by atoms with Crippen LogP contribution in [0.3, 0.4) is 0 Å². The van der Waals surface area contributed by atoms with E-state index in [-0.39, 0.29) is 0 Å². The second kappa shape index (κ2) is 2.17. The lowest BCUT2D eigenvalue weighted by molar-refractivity contribution is 0.736. The number of rotatable bonds is 1. The Balaban J connectivity index is 2.22.